The lowest BCUT2D eigenvalue weighted by Gasteiger charge is -2.32. The molecule has 2 aromatic heterocycles. The molecular formula is C26H30ClFN6O5. The van der Waals surface area contributed by atoms with E-state index in [1.165, 1.54) is 19.4 Å². The molecule has 3 aromatic rings. The first-order valence-corrected chi connectivity index (χ1v) is 13.4. The Morgan fingerprint density at radius 2 is 2.15 bits per heavy atom. The number of aliphatic hydroxyl groups is 1. The number of rotatable bonds is 5. The third-order valence-corrected chi connectivity index (χ3v) is 7.87. The van der Waals surface area contributed by atoms with Crippen molar-refractivity contribution in [2.24, 2.45) is 0 Å². The molecule has 11 nitrogen and oxygen atoms in total. The van der Waals surface area contributed by atoms with Gasteiger partial charge >= 0.3 is 6.09 Å². The van der Waals surface area contributed by atoms with Crippen molar-refractivity contribution >= 4 is 34.7 Å². The van der Waals surface area contributed by atoms with Crippen LogP contribution in [0.1, 0.15) is 44.5 Å². The van der Waals surface area contributed by atoms with Crippen LogP contribution in [0.2, 0.25) is 5.02 Å². The molecule has 1 aromatic carbocycles. The van der Waals surface area contributed by atoms with Gasteiger partial charge in [0.1, 0.15) is 17.4 Å². The molecule has 5 atom stereocenters. The number of carbonyl (C=O) groups excluding carboxylic acids is 1. The maximum atomic E-state index is 15.6. The van der Waals surface area contributed by atoms with E-state index in [1.54, 1.807) is 4.90 Å². The Morgan fingerprint density at radius 3 is 2.92 bits per heavy atom. The average molecular weight is 561 g/mol. The lowest BCUT2D eigenvalue weighted by molar-refractivity contribution is -0.156. The van der Waals surface area contributed by atoms with E-state index in [9.17, 15) is 9.90 Å². The molecule has 6 rings (SSSR count). The molecule has 2 N–H and O–H groups in total. The molecule has 3 fully saturated rings. The first-order valence-electron chi connectivity index (χ1n) is 13.0. The fourth-order valence-electron chi connectivity index (χ4n) is 5.74. The SMILES string of the molecule is COC(=O)N1CC[C@@H](c2nc3c(F)cc(-c4nc(N[C@@H]5C[C@H]6CO[C@H](O6)[C@H]5O)ncc4Cl)cc3n2C(C)C)C1. The van der Waals surface area contributed by atoms with Gasteiger partial charge in [0.15, 0.2) is 12.1 Å². The van der Waals surface area contributed by atoms with Crippen LogP contribution in [0.4, 0.5) is 15.1 Å². The number of anilines is 1. The van der Waals surface area contributed by atoms with E-state index in [4.69, 9.17) is 30.8 Å². The molecule has 3 aliphatic heterocycles. The van der Waals surface area contributed by atoms with Crippen molar-refractivity contribution in [3.8, 4) is 11.3 Å². The van der Waals surface area contributed by atoms with Crippen molar-refractivity contribution in [3.63, 3.8) is 0 Å². The predicted molar refractivity (Wildman–Crippen MR) is 140 cm³/mol. The average Bonchev–Trinajstić information content (AvgIpc) is 3.65. The third kappa shape index (κ3) is 4.69. The fraction of sp³-hybridized carbons (Fsp3) is 0.538. The zero-order chi connectivity index (χ0) is 27.4. The maximum absolute atomic E-state index is 15.6. The normalized spacial score (nSPS) is 26.5. The number of benzene rings is 1. The molecule has 13 heteroatoms. The molecule has 5 heterocycles. The van der Waals surface area contributed by atoms with Crippen LogP contribution in [-0.4, -0.2) is 87.0 Å². The maximum Gasteiger partial charge on any atom is 0.409 e. The second-order valence-corrected chi connectivity index (χ2v) is 10.9. The number of aliphatic hydroxyl groups excluding tert-OH is 1. The van der Waals surface area contributed by atoms with E-state index in [2.05, 4.69) is 15.3 Å². The lowest BCUT2D eigenvalue weighted by atomic mass is 10.0. The van der Waals surface area contributed by atoms with Crippen LogP contribution >= 0.6 is 11.6 Å². The van der Waals surface area contributed by atoms with Crippen molar-refractivity contribution in [2.45, 2.75) is 63.2 Å². The Balaban J connectivity index is 1.35. The molecule has 0 saturated carbocycles. The molecule has 208 valence electrons. The number of nitrogens with one attached hydrogen (secondary N) is 1. The van der Waals surface area contributed by atoms with Gasteiger partial charge < -0.3 is 34.1 Å². The van der Waals surface area contributed by atoms with Gasteiger partial charge in [0.25, 0.3) is 0 Å². The number of methoxy groups -OCH3 is 1. The van der Waals surface area contributed by atoms with Gasteiger partial charge in [0.05, 0.1) is 48.3 Å². The summed E-state index contributed by atoms with van der Waals surface area (Å²) in [6.45, 7) is 5.46. The summed E-state index contributed by atoms with van der Waals surface area (Å²) in [6, 6.07) is 2.81. The minimum Gasteiger partial charge on any atom is -0.453 e. The van der Waals surface area contributed by atoms with E-state index in [0.717, 1.165) is 5.82 Å². The highest BCUT2D eigenvalue weighted by Crippen LogP contribution is 2.36. The largest absolute Gasteiger partial charge is 0.453 e. The molecular weight excluding hydrogens is 531 g/mol. The number of aromatic nitrogens is 4. The molecule has 1 amide bonds. The predicted octanol–water partition coefficient (Wildman–Crippen LogP) is 3.71. The van der Waals surface area contributed by atoms with Crippen molar-refractivity contribution in [1.29, 1.82) is 0 Å². The summed E-state index contributed by atoms with van der Waals surface area (Å²) in [6.07, 6.45) is 0.635. The summed E-state index contributed by atoms with van der Waals surface area (Å²) in [5.41, 5.74) is 1.70. The Labute approximate surface area is 229 Å². The minimum absolute atomic E-state index is 0.0162. The summed E-state index contributed by atoms with van der Waals surface area (Å²) in [7, 11) is 1.36. The van der Waals surface area contributed by atoms with Crippen LogP contribution in [0.25, 0.3) is 22.3 Å². The van der Waals surface area contributed by atoms with Gasteiger partial charge in [-0.2, -0.15) is 0 Å². The molecule has 0 spiro atoms. The molecule has 3 saturated heterocycles. The number of hydrogen-bond acceptors (Lipinski definition) is 9. The van der Waals surface area contributed by atoms with Crippen LogP contribution in [0, 0.1) is 5.82 Å². The summed E-state index contributed by atoms with van der Waals surface area (Å²) in [5.74, 6) is 0.435. The highest BCUT2D eigenvalue weighted by molar-refractivity contribution is 6.33. The second kappa shape index (κ2) is 10.2. The molecule has 3 aliphatic rings. The lowest BCUT2D eigenvalue weighted by Crippen LogP contribution is -2.48. The van der Waals surface area contributed by atoms with E-state index >= 15 is 4.39 Å². The third-order valence-electron chi connectivity index (χ3n) is 7.59. The monoisotopic (exact) mass is 560 g/mol. The molecule has 0 radical (unpaired) electrons. The highest BCUT2D eigenvalue weighted by atomic mass is 35.5. The van der Waals surface area contributed by atoms with Gasteiger partial charge in [-0.3, -0.25) is 0 Å². The standard InChI is InChI=1S/C26H30ClFN6O5/c1-12(2)34-19-7-14(6-17(28)21(19)31-23(34)13-4-5-33(10-13)26(36)37-3)20-16(27)9-29-25(32-20)30-18-8-15-11-38-24(39-15)22(18)35/h6-7,9,12-13,15,18,22,24,35H,4-5,8,10-11H2,1-3H3,(H,29,30,32)/t13-,15+,18-,22+,24-/m1/s1. The Kier molecular flexibility index (Phi) is 6.82. The van der Waals surface area contributed by atoms with Crippen molar-refractivity contribution in [1.82, 2.24) is 24.4 Å². The summed E-state index contributed by atoms with van der Waals surface area (Å²) in [4.78, 5) is 27.2. The number of imidazole rings is 1. The quantitative estimate of drug-likeness (QED) is 0.480. The zero-order valence-corrected chi connectivity index (χ0v) is 22.6. The van der Waals surface area contributed by atoms with Gasteiger partial charge in [-0.15, -0.1) is 0 Å². The zero-order valence-electron chi connectivity index (χ0n) is 21.8. The van der Waals surface area contributed by atoms with E-state index < -0.39 is 18.2 Å². The number of carbonyl (C=O) groups is 1. The first kappa shape index (κ1) is 26.2. The number of hydrogen-bond donors (Lipinski definition) is 2. The van der Waals surface area contributed by atoms with E-state index in [-0.39, 0.29) is 46.7 Å². The van der Waals surface area contributed by atoms with Crippen molar-refractivity contribution in [2.75, 3.05) is 32.1 Å². The summed E-state index contributed by atoms with van der Waals surface area (Å²) >= 11 is 6.50. The number of amides is 1. The van der Waals surface area contributed by atoms with Gasteiger partial charge in [-0.25, -0.2) is 24.1 Å². The van der Waals surface area contributed by atoms with Gasteiger partial charge in [-0.1, -0.05) is 11.6 Å². The minimum atomic E-state index is -0.884. The Morgan fingerprint density at radius 1 is 1.33 bits per heavy atom. The van der Waals surface area contributed by atoms with Crippen LogP contribution in [0.3, 0.4) is 0 Å². The number of ether oxygens (including phenoxy) is 3. The van der Waals surface area contributed by atoms with Gasteiger partial charge in [-0.05, 0) is 38.8 Å². The van der Waals surface area contributed by atoms with Crippen LogP contribution < -0.4 is 5.32 Å². The number of nitrogens with zero attached hydrogens (tertiary/aromatic N) is 5. The van der Waals surface area contributed by atoms with Gasteiger partial charge in [0.2, 0.25) is 5.95 Å². The second-order valence-electron chi connectivity index (χ2n) is 10.5. The van der Waals surface area contributed by atoms with Crippen LogP contribution in [0.15, 0.2) is 18.3 Å². The van der Waals surface area contributed by atoms with Crippen LogP contribution in [-0.2, 0) is 14.2 Å². The molecule has 39 heavy (non-hydrogen) atoms. The first-order chi connectivity index (χ1) is 18.7. The number of likely N-dealkylation sites (tertiary alicyclic amines) is 1. The van der Waals surface area contributed by atoms with E-state index in [0.29, 0.717) is 49.3 Å². The Bertz CT molecular complexity index is 1420. The highest BCUT2D eigenvalue weighted by Gasteiger charge is 2.43. The Hall–Kier alpha value is -3.06. The number of halogens is 2. The van der Waals surface area contributed by atoms with Crippen LogP contribution in [0.5, 0.6) is 0 Å². The summed E-state index contributed by atoms with van der Waals surface area (Å²) in [5, 5.41) is 14.0. The smallest absolute Gasteiger partial charge is 0.409 e. The molecule has 0 aliphatic carbocycles. The van der Waals surface area contributed by atoms with Gasteiger partial charge in [0, 0.05) is 30.6 Å². The molecule has 0 unspecified atom stereocenters. The number of fused-ring (bicyclic) bond motifs is 3. The summed E-state index contributed by atoms with van der Waals surface area (Å²) < 4.78 is 33.5. The van der Waals surface area contributed by atoms with Crippen molar-refractivity contribution < 1.29 is 28.5 Å². The molecule has 2 bridgehead atoms. The fourth-order valence-corrected chi connectivity index (χ4v) is 5.94. The topological polar surface area (TPSA) is 124 Å². The van der Waals surface area contributed by atoms with Crippen molar-refractivity contribution in [3.05, 3.63) is 35.0 Å². The van der Waals surface area contributed by atoms with E-state index in [1.807, 2.05) is 24.5 Å².